The molecule has 3 rings (SSSR count). The van der Waals surface area contributed by atoms with Gasteiger partial charge in [-0.15, -0.1) is 0 Å². The van der Waals surface area contributed by atoms with E-state index in [1.54, 1.807) is 17.0 Å². The summed E-state index contributed by atoms with van der Waals surface area (Å²) in [6.07, 6.45) is -4.87. The van der Waals surface area contributed by atoms with Gasteiger partial charge in [0, 0.05) is 30.6 Å². The molecule has 1 fully saturated rings. The van der Waals surface area contributed by atoms with Crippen LogP contribution in [0.15, 0.2) is 58.3 Å². The maximum atomic E-state index is 13.2. The van der Waals surface area contributed by atoms with Crippen molar-refractivity contribution in [1.29, 1.82) is 0 Å². The lowest BCUT2D eigenvalue weighted by Gasteiger charge is -2.34. The number of piperidine rings is 1. The Balaban J connectivity index is 1.76. The summed E-state index contributed by atoms with van der Waals surface area (Å²) in [6.45, 7) is 0.692. The molecular weight excluding hydrogens is 497 g/mol. The van der Waals surface area contributed by atoms with Crippen LogP contribution in [-0.2, 0) is 29.2 Å². The Morgan fingerprint density at radius 2 is 1.74 bits per heavy atom. The molecular formula is C21H23F3N2O6S2. The van der Waals surface area contributed by atoms with Crippen LogP contribution in [0.2, 0.25) is 0 Å². The van der Waals surface area contributed by atoms with Crippen molar-refractivity contribution in [3.05, 3.63) is 54.1 Å². The van der Waals surface area contributed by atoms with Crippen molar-refractivity contribution in [1.82, 2.24) is 0 Å². The number of rotatable bonds is 6. The van der Waals surface area contributed by atoms with Crippen LogP contribution in [0.1, 0.15) is 24.6 Å². The summed E-state index contributed by atoms with van der Waals surface area (Å²) in [7, 11) is -7.24. The summed E-state index contributed by atoms with van der Waals surface area (Å²) in [5.41, 5.74) is 6.07. The molecule has 8 nitrogen and oxygen atoms in total. The smallest absolute Gasteiger partial charge is 0.436 e. The number of hydrogen-bond donors (Lipinski definition) is 1. The van der Waals surface area contributed by atoms with E-state index >= 15 is 0 Å². The number of anilines is 1. The number of carbonyl (C=O) groups is 1. The van der Waals surface area contributed by atoms with Crippen molar-refractivity contribution in [2.45, 2.75) is 40.3 Å². The average Bonchev–Trinajstić information content (AvgIpc) is 2.78. The monoisotopic (exact) mass is 520 g/mol. The number of halogens is 3. The first-order chi connectivity index (χ1) is 15.7. The van der Waals surface area contributed by atoms with Crippen molar-refractivity contribution in [2.75, 3.05) is 24.2 Å². The van der Waals surface area contributed by atoms with Gasteiger partial charge in [0.2, 0.25) is 0 Å². The molecule has 2 N–H and O–H groups in total. The molecule has 13 heteroatoms. The lowest BCUT2D eigenvalue weighted by atomic mass is 10.1. The number of benzene rings is 2. The normalized spacial score (nSPS) is 18.4. The molecule has 1 aliphatic rings. The summed E-state index contributed by atoms with van der Waals surface area (Å²) < 4.78 is 91.3. The third-order valence-corrected chi connectivity index (χ3v) is 8.73. The molecule has 2 aromatic rings. The van der Waals surface area contributed by atoms with Gasteiger partial charge in [-0.05, 0) is 43.2 Å². The highest BCUT2D eigenvalue weighted by molar-refractivity contribution is 7.92. The SMILES string of the molecule is CS(=O)(=O)c1cccc(N2CCCC(S(=O)(=O)c3ccc(C(N)OC(=O)C(F)(F)F)cc3)C2)c1. The van der Waals surface area contributed by atoms with E-state index in [2.05, 4.69) is 4.74 Å². The average molecular weight is 521 g/mol. The summed E-state index contributed by atoms with van der Waals surface area (Å²) in [5.74, 6) is -2.45. The predicted molar refractivity (Wildman–Crippen MR) is 117 cm³/mol. The number of sulfone groups is 2. The second-order valence-electron chi connectivity index (χ2n) is 7.92. The van der Waals surface area contributed by atoms with Gasteiger partial charge < -0.3 is 9.64 Å². The summed E-state index contributed by atoms with van der Waals surface area (Å²) in [4.78, 5) is 12.8. The van der Waals surface area contributed by atoms with Crippen LogP contribution in [0.25, 0.3) is 0 Å². The lowest BCUT2D eigenvalue weighted by molar-refractivity contribution is -0.205. The largest absolute Gasteiger partial charge is 0.490 e. The topological polar surface area (TPSA) is 124 Å². The van der Waals surface area contributed by atoms with E-state index in [1.807, 2.05) is 0 Å². The van der Waals surface area contributed by atoms with Crippen LogP contribution >= 0.6 is 0 Å². The van der Waals surface area contributed by atoms with E-state index in [0.717, 1.165) is 6.26 Å². The molecule has 34 heavy (non-hydrogen) atoms. The van der Waals surface area contributed by atoms with E-state index in [1.165, 1.54) is 36.4 Å². The van der Waals surface area contributed by atoms with Gasteiger partial charge in [-0.1, -0.05) is 18.2 Å². The molecule has 1 heterocycles. The summed E-state index contributed by atoms with van der Waals surface area (Å²) in [6, 6.07) is 11.1. The molecule has 0 saturated carbocycles. The molecule has 2 unspecified atom stereocenters. The van der Waals surface area contributed by atoms with Gasteiger partial charge in [-0.25, -0.2) is 21.6 Å². The van der Waals surface area contributed by atoms with Crippen molar-refractivity contribution in [3.8, 4) is 0 Å². The van der Waals surface area contributed by atoms with Crippen LogP contribution < -0.4 is 10.6 Å². The zero-order chi connectivity index (χ0) is 25.3. The number of ether oxygens (including phenoxy) is 1. The maximum absolute atomic E-state index is 13.2. The highest BCUT2D eigenvalue weighted by atomic mass is 32.2. The van der Waals surface area contributed by atoms with E-state index in [0.29, 0.717) is 25.1 Å². The molecule has 0 aliphatic carbocycles. The van der Waals surface area contributed by atoms with Gasteiger partial charge >= 0.3 is 12.1 Å². The minimum atomic E-state index is -5.20. The fourth-order valence-electron chi connectivity index (χ4n) is 3.63. The second-order valence-corrected chi connectivity index (χ2v) is 12.2. The number of nitrogens with zero attached hydrogens (tertiary/aromatic N) is 1. The molecule has 1 aliphatic heterocycles. The maximum Gasteiger partial charge on any atom is 0.490 e. The Kier molecular flexibility index (Phi) is 7.29. The van der Waals surface area contributed by atoms with Gasteiger partial charge in [0.1, 0.15) is 0 Å². The lowest BCUT2D eigenvalue weighted by Crippen LogP contribution is -2.42. The number of nitrogens with two attached hydrogens (primary N) is 1. The summed E-state index contributed by atoms with van der Waals surface area (Å²) >= 11 is 0. The quantitative estimate of drug-likeness (QED) is 0.455. The number of esters is 1. The first kappa shape index (κ1) is 26.0. The summed E-state index contributed by atoms with van der Waals surface area (Å²) in [5, 5.41) is -0.786. The number of carbonyl (C=O) groups excluding carboxylic acids is 1. The Morgan fingerprint density at radius 3 is 2.32 bits per heavy atom. The fourth-order valence-corrected chi connectivity index (χ4v) is 6.04. The van der Waals surface area contributed by atoms with Crippen LogP contribution in [0.3, 0.4) is 0 Å². The minimum absolute atomic E-state index is 0.000546. The zero-order valence-corrected chi connectivity index (χ0v) is 19.7. The Labute approximate surface area is 195 Å². The highest BCUT2D eigenvalue weighted by Crippen LogP contribution is 2.29. The van der Waals surface area contributed by atoms with E-state index in [4.69, 9.17) is 5.73 Å². The Hall–Kier alpha value is -2.64. The molecule has 0 spiro atoms. The number of hydrogen-bond acceptors (Lipinski definition) is 8. The second kappa shape index (κ2) is 9.55. The van der Waals surface area contributed by atoms with Gasteiger partial charge in [-0.3, -0.25) is 5.73 Å². The van der Waals surface area contributed by atoms with Gasteiger partial charge in [0.15, 0.2) is 25.9 Å². The molecule has 2 aromatic carbocycles. The van der Waals surface area contributed by atoms with E-state index < -0.39 is 43.3 Å². The molecule has 0 bridgehead atoms. The zero-order valence-electron chi connectivity index (χ0n) is 18.0. The van der Waals surface area contributed by atoms with Crippen LogP contribution in [0, 0.1) is 0 Å². The number of alkyl halides is 3. The third-order valence-electron chi connectivity index (χ3n) is 5.43. The predicted octanol–water partition coefficient (Wildman–Crippen LogP) is 2.60. The highest BCUT2D eigenvalue weighted by Gasteiger charge is 2.42. The molecule has 0 aromatic heterocycles. The van der Waals surface area contributed by atoms with Crippen molar-refractivity contribution in [2.24, 2.45) is 5.73 Å². The van der Waals surface area contributed by atoms with Crippen LogP contribution in [0.4, 0.5) is 18.9 Å². The standard InChI is InChI=1S/C21H23F3N2O6S2/c1-33(28,29)17-5-2-4-15(12-17)26-11-3-6-18(13-26)34(30,31)16-9-7-14(8-10-16)19(25)32-20(27)21(22,23)24/h2,4-5,7-10,12,18-19H,3,6,11,13,25H2,1H3. The molecule has 1 saturated heterocycles. The van der Waals surface area contributed by atoms with Gasteiger partial charge in [0.05, 0.1) is 15.0 Å². The van der Waals surface area contributed by atoms with Gasteiger partial charge in [-0.2, -0.15) is 13.2 Å². The van der Waals surface area contributed by atoms with Crippen molar-refractivity contribution in [3.63, 3.8) is 0 Å². The molecule has 2 atom stereocenters. The third kappa shape index (κ3) is 5.88. The van der Waals surface area contributed by atoms with Gasteiger partial charge in [0.25, 0.3) is 0 Å². The van der Waals surface area contributed by atoms with Crippen molar-refractivity contribution >= 4 is 31.3 Å². The minimum Gasteiger partial charge on any atom is -0.436 e. The Bertz CT molecular complexity index is 1260. The van der Waals surface area contributed by atoms with E-state index in [-0.39, 0.29) is 21.9 Å². The molecule has 0 amide bonds. The molecule has 186 valence electrons. The van der Waals surface area contributed by atoms with Crippen molar-refractivity contribution < 1.29 is 39.5 Å². The van der Waals surface area contributed by atoms with E-state index in [9.17, 15) is 34.8 Å². The first-order valence-electron chi connectivity index (χ1n) is 10.1. The van der Waals surface area contributed by atoms with Crippen LogP contribution in [0.5, 0.6) is 0 Å². The molecule has 0 radical (unpaired) electrons. The van der Waals surface area contributed by atoms with Crippen LogP contribution in [-0.4, -0.2) is 53.6 Å². The first-order valence-corrected chi connectivity index (χ1v) is 13.6. The Morgan fingerprint density at radius 1 is 1.09 bits per heavy atom. The fraction of sp³-hybridized carbons (Fsp3) is 0.381.